The monoisotopic (exact) mass is 350 g/mol. The molecule has 6 nitrogen and oxygen atoms in total. The number of ether oxygens (including phenoxy) is 3. The Bertz CT molecular complexity index is 688. The zero-order valence-corrected chi connectivity index (χ0v) is 12.7. The third-order valence-electron chi connectivity index (χ3n) is 2.89. The van der Waals surface area contributed by atoms with Crippen LogP contribution in [-0.4, -0.2) is 22.7 Å². The van der Waals surface area contributed by atoms with Crippen LogP contribution in [0.3, 0.4) is 0 Å². The van der Waals surface area contributed by atoms with E-state index >= 15 is 0 Å². The fraction of sp³-hybridized carbons (Fsp3) is 0.214. The second kappa shape index (κ2) is 5.69. The molecule has 0 radical (unpaired) electrons. The van der Waals surface area contributed by atoms with Crippen molar-refractivity contribution < 1.29 is 19.0 Å². The molecule has 1 aromatic carbocycles. The van der Waals surface area contributed by atoms with Crippen LogP contribution >= 0.6 is 15.9 Å². The highest BCUT2D eigenvalue weighted by atomic mass is 79.9. The lowest BCUT2D eigenvalue weighted by molar-refractivity contribution is 0.0464. The van der Waals surface area contributed by atoms with E-state index in [0.29, 0.717) is 11.5 Å². The molecule has 0 saturated heterocycles. The van der Waals surface area contributed by atoms with E-state index in [1.165, 1.54) is 12.4 Å². The zero-order valence-electron chi connectivity index (χ0n) is 11.1. The number of carbonyl (C=O) groups is 1. The highest BCUT2D eigenvalue weighted by Gasteiger charge is 2.17. The number of aromatic nitrogens is 2. The number of carbonyl (C=O) groups excluding carboxylic acids is 1. The first-order valence-electron chi connectivity index (χ1n) is 6.17. The van der Waals surface area contributed by atoms with Crippen molar-refractivity contribution in [3.63, 3.8) is 0 Å². The molecule has 0 saturated carbocycles. The minimum Gasteiger partial charge on any atom is -0.456 e. The van der Waals surface area contributed by atoms with Crippen LogP contribution in [0.25, 0.3) is 0 Å². The minimum atomic E-state index is -0.521. The topological polar surface area (TPSA) is 70.5 Å². The molecule has 1 aliphatic heterocycles. The molecular formula is C14H11BrN2O4. The second-order valence-corrected chi connectivity index (χ2v) is 5.27. The van der Waals surface area contributed by atoms with Crippen molar-refractivity contribution in [2.45, 2.75) is 13.5 Å². The maximum Gasteiger partial charge on any atom is 0.358 e. The lowest BCUT2D eigenvalue weighted by atomic mass is 10.2. The van der Waals surface area contributed by atoms with Crippen molar-refractivity contribution in [3.05, 3.63) is 46.0 Å². The summed E-state index contributed by atoms with van der Waals surface area (Å²) in [7, 11) is 0. The molecule has 1 aliphatic rings. The Labute approximate surface area is 129 Å². The molecule has 0 fully saturated rings. The van der Waals surface area contributed by atoms with E-state index in [9.17, 15) is 4.79 Å². The number of esters is 1. The zero-order chi connectivity index (χ0) is 14.8. The van der Waals surface area contributed by atoms with Crippen molar-refractivity contribution in [2.24, 2.45) is 0 Å². The van der Waals surface area contributed by atoms with Gasteiger partial charge in [0, 0.05) is 16.2 Å². The van der Waals surface area contributed by atoms with E-state index in [-0.39, 0.29) is 19.1 Å². The summed E-state index contributed by atoms with van der Waals surface area (Å²) >= 11 is 3.41. The van der Waals surface area contributed by atoms with Crippen LogP contribution in [0.15, 0.2) is 29.0 Å². The van der Waals surface area contributed by atoms with Crippen molar-refractivity contribution in [1.82, 2.24) is 9.97 Å². The number of halogens is 1. The summed E-state index contributed by atoms with van der Waals surface area (Å²) in [4.78, 5) is 19.9. The summed E-state index contributed by atoms with van der Waals surface area (Å²) < 4.78 is 16.6. The minimum absolute atomic E-state index is 0.103. The molecule has 0 aliphatic carbocycles. The van der Waals surface area contributed by atoms with E-state index < -0.39 is 5.97 Å². The quantitative estimate of drug-likeness (QED) is 0.792. The molecule has 0 unspecified atom stereocenters. The Morgan fingerprint density at radius 1 is 1.29 bits per heavy atom. The van der Waals surface area contributed by atoms with E-state index in [4.69, 9.17) is 14.2 Å². The fourth-order valence-electron chi connectivity index (χ4n) is 1.79. The van der Waals surface area contributed by atoms with Gasteiger partial charge in [-0.2, -0.15) is 0 Å². The van der Waals surface area contributed by atoms with Crippen LogP contribution in [0.4, 0.5) is 0 Å². The van der Waals surface area contributed by atoms with Gasteiger partial charge in [-0.3, -0.25) is 4.98 Å². The van der Waals surface area contributed by atoms with E-state index in [1.54, 1.807) is 19.1 Å². The van der Waals surface area contributed by atoms with Gasteiger partial charge >= 0.3 is 5.97 Å². The Balaban J connectivity index is 1.70. The van der Waals surface area contributed by atoms with Gasteiger partial charge in [0.1, 0.15) is 6.61 Å². The third kappa shape index (κ3) is 2.97. The normalized spacial score (nSPS) is 12.3. The first kappa shape index (κ1) is 13.8. The Kier molecular flexibility index (Phi) is 3.74. The van der Waals surface area contributed by atoms with E-state index in [0.717, 1.165) is 15.7 Å². The number of rotatable bonds is 3. The summed E-state index contributed by atoms with van der Waals surface area (Å²) in [5.74, 6) is 0.785. The molecule has 0 bridgehead atoms. The van der Waals surface area contributed by atoms with E-state index in [2.05, 4.69) is 25.9 Å². The predicted octanol–water partition coefficient (Wildman–Crippen LogP) is 2.63. The van der Waals surface area contributed by atoms with Crippen LogP contribution in [0, 0.1) is 6.92 Å². The number of aryl methyl sites for hydroxylation is 1. The van der Waals surface area contributed by atoms with Gasteiger partial charge < -0.3 is 14.2 Å². The summed E-state index contributed by atoms with van der Waals surface area (Å²) in [6.45, 7) is 2.10. The number of benzene rings is 1. The van der Waals surface area contributed by atoms with Gasteiger partial charge in [-0.1, -0.05) is 15.9 Å². The lowest BCUT2D eigenvalue weighted by Crippen LogP contribution is -2.08. The summed E-state index contributed by atoms with van der Waals surface area (Å²) in [6, 6.07) is 3.57. The van der Waals surface area contributed by atoms with Crippen molar-refractivity contribution in [3.8, 4) is 11.5 Å². The van der Waals surface area contributed by atoms with Gasteiger partial charge in [0.15, 0.2) is 17.2 Å². The van der Waals surface area contributed by atoms with Crippen LogP contribution in [0.2, 0.25) is 0 Å². The van der Waals surface area contributed by atoms with Gasteiger partial charge in [0.05, 0.1) is 11.9 Å². The predicted molar refractivity (Wildman–Crippen MR) is 76.2 cm³/mol. The van der Waals surface area contributed by atoms with Gasteiger partial charge in [-0.05, 0) is 19.1 Å². The Hall–Kier alpha value is -2.15. The third-order valence-corrected chi connectivity index (χ3v) is 3.63. The molecule has 7 heteroatoms. The van der Waals surface area contributed by atoms with Gasteiger partial charge in [0.2, 0.25) is 6.79 Å². The standard InChI is InChI=1S/C14H11BrN2O4/c1-8-4-17-11(5-16-8)14(18)19-6-9-2-12-13(3-10(9)15)21-7-20-12/h2-5H,6-7H2,1H3. The van der Waals surface area contributed by atoms with Crippen LogP contribution < -0.4 is 9.47 Å². The molecule has 0 spiro atoms. The van der Waals surface area contributed by atoms with Crippen LogP contribution in [0.5, 0.6) is 11.5 Å². The molecule has 2 heterocycles. The Morgan fingerprint density at radius 3 is 2.76 bits per heavy atom. The smallest absolute Gasteiger partial charge is 0.358 e. The van der Waals surface area contributed by atoms with Gasteiger partial charge in [-0.25, -0.2) is 9.78 Å². The molecule has 21 heavy (non-hydrogen) atoms. The molecule has 0 amide bonds. The largest absolute Gasteiger partial charge is 0.456 e. The van der Waals surface area contributed by atoms with E-state index in [1.807, 2.05) is 0 Å². The Morgan fingerprint density at radius 2 is 2.05 bits per heavy atom. The highest BCUT2D eigenvalue weighted by molar-refractivity contribution is 9.10. The molecule has 0 N–H and O–H groups in total. The van der Waals surface area contributed by atoms with Gasteiger partial charge in [0.25, 0.3) is 0 Å². The molecule has 2 aromatic rings. The summed E-state index contributed by atoms with van der Waals surface area (Å²) in [6.07, 6.45) is 2.92. The first-order valence-corrected chi connectivity index (χ1v) is 6.96. The molecule has 108 valence electrons. The molecular weight excluding hydrogens is 340 g/mol. The maximum absolute atomic E-state index is 11.9. The molecule has 3 rings (SSSR count). The summed E-state index contributed by atoms with van der Waals surface area (Å²) in [5, 5.41) is 0. The van der Waals surface area contributed by atoms with Crippen molar-refractivity contribution in [2.75, 3.05) is 6.79 Å². The van der Waals surface area contributed by atoms with Crippen LogP contribution in [0.1, 0.15) is 21.7 Å². The number of hydrogen-bond donors (Lipinski definition) is 0. The molecule has 1 aromatic heterocycles. The van der Waals surface area contributed by atoms with Gasteiger partial charge in [-0.15, -0.1) is 0 Å². The lowest BCUT2D eigenvalue weighted by Gasteiger charge is -2.07. The highest BCUT2D eigenvalue weighted by Crippen LogP contribution is 2.37. The SMILES string of the molecule is Cc1cnc(C(=O)OCc2cc3c(cc2Br)OCO3)cn1. The fourth-order valence-corrected chi connectivity index (χ4v) is 2.22. The first-order chi connectivity index (χ1) is 10.1. The van der Waals surface area contributed by atoms with Crippen molar-refractivity contribution >= 4 is 21.9 Å². The summed E-state index contributed by atoms with van der Waals surface area (Å²) in [5.41, 5.74) is 1.70. The van der Waals surface area contributed by atoms with Crippen LogP contribution in [-0.2, 0) is 11.3 Å². The average molecular weight is 351 g/mol. The maximum atomic E-state index is 11.9. The molecule has 0 atom stereocenters. The average Bonchev–Trinajstić information content (AvgIpc) is 2.92. The van der Waals surface area contributed by atoms with Crippen molar-refractivity contribution in [1.29, 1.82) is 0 Å². The number of hydrogen-bond acceptors (Lipinski definition) is 6. The second-order valence-electron chi connectivity index (χ2n) is 4.42. The number of nitrogens with zero attached hydrogens (tertiary/aromatic N) is 2. The number of fused-ring (bicyclic) bond motifs is 1.